The first-order valence-corrected chi connectivity index (χ1v) is 8.23. The minimum absolute atomic E-state index is 0.114. The van der Waals surface area contributed by atoms with E-state index in [1.165, 1.54) is 12.1 Å². The molecule has 0 aliphatic heterocycles. The molecule has 0 spiro atoms. The quantitative estimate of drug-likeness (QED) is 0.904. The molecule has 4 nitrogen and oxygen atoms in total. The molecule has 1 unspecified atom stereocenters. The standard InChI is InChI=1S/C15H16ClNO3S/c1-10-3-8-15(14(16)9-10)17-21(19,20)13-6-4-12(5-7-13)11(2)18/h3-9,11,17-18H,1-2H3. The summed E-state index contributed by atoms with van der Waals surface area (Å²) in [5, 5.41) is 9.78. The van der Waals surface area contributed by atoms with E-state index >= 15 is 0 Å². The van der Waals surface area contributed by atoms with Crippen LogP contribution in [-0.4, -0.2) is 13.5 Å². The molecule has 21 heavy (non-hydrogen) atoms. The Bertz CT molecular complexity index is 740. The molecule has 2 rings (SSSR count). The fourth-order valence-electron chi connectivity index (χ4n) is 1.83. The molecule has 0 amide bonds. The molecule has 1 atom stereocenters. The molecule has 0 heterocycles. The molecule has 6 heteroatoms. The zero-order valence-electron chi connectivity index (χ0n) is 11.7. The van der Waals surface area contributed by atoms with Gasteiger partial charge in [-0.1, -0.05) is 29.8 Å². The van der Waals surface area contributed by atoms with Crippen molar-refractivity contribution in [3.05, 3.63) is 58.6 Å². The Morgan fingerprint density at radius 3 is 2.29 bits per heavy atom. The highest BCUT2D eigenvalue weighted by molar-refractivity contribution is 7.92. The molecule has 0 aliphatic rings. The van der Waals surface area contributed by atoms with Crippen LogP contribution in [0.2, 0.25) is 5.02 Å². The fraction of sp³-hybridized carbons (Fsp3) is 0.200. The summed E-state index contributed by atoms with van der Waals surface area (Å²) < 4.78 is 27.0. The van der Waals surface area contributed by atoms with E-state index in [0.717, 1.165) is 5.56 Å². The number of hydrogen-bond donors (Lipinski definition) is 2. The van der Waals surface area contributed by atoms with E-state index in [0.29, 0.717) is 16.3 Å². The molecule has 0 saturated heterocycles. The fourth-order valence-corrected chi connectivity index (χ4v) is 3.25. The maximum Gasteiger partial charge on any atom is 0.261 e. The Kier molecular flexibility index (Phi) is 4.56. The van der Waals surface area contributed by atoms with Crippen molar-refractivity contribution in [3.63, 3.8) is 0 Å². The minimum Gasteiger partial charge on any atom is -0.389 e. The van der Waals surface area contributed by atoms with E-state index in [1.807, 2.05) is 6.92 Å². The van der Waals surface area contributed by atoms with Crippen molar-refractivity contribution < 1.29 is 13.5 Å². The summed E-state index contributed by atoms with van der Waals surface area (Å²) in [6.45, 7) is 3.49. The molecule has 2 aromatic rings. The smallest absolute Gasteiger partial charge is 0.261 e. The van der Waals surface area contributed by atoms with Crippen LogP contribution < -0.4 is 4.72 Å². The van der Waals surface area contributed by atoms with Crippen LogP contribution >= 0.6 is 11.6 Å². The van der Waals surface area contributed by atoms with E-state index in [9.17, 15) is 13.5 Å². The highest BCUT2D eigenvalue weighted by Gasteiger charge is 2.16. The Hall–Kier alpha value is -1.56. The second-order valence-electron chi connectivity index (χ2n) is 4.83. The summed E-state index contributed by atoms with van der Waals surface area (Å²) in [6, 6.07) is 11.2. The molecule has 0 bridgehead atoms. The molecular weight excluding hydrogens is 310 g/mol. The van der Waals surface area contributed by atoms with Gasteiger partial charge in [0.1, 0.15) is 0 Å². The first-order chi connectivity index (χ1) is 9.79. The van der Waals surface area contributed by atoms with Gasteiger partial charge in [0, 0.05) is 0 Å². The van der Waals surface area contributed by atoms with Gasteiger partial charge in [-0.05, 0) is 49.2 Å². The molecule has 2 aromatic carbocycles. The number of sulfonamides is 1. The maximum atomic E-state index is 12.3. The van der Waals surface area contributed by atoms with E-state index < -0.39 is 16.1 Å². The van der Waals surface area contributed by atoms with Gasteiger partial charge in [0.2, 0.25) is 0 Å². The molecule has 112 valence electrons. The number of benzene rings is 2. The van der Waals surface area contributed by atoms with Gasteiger partial charge in [0.25, 0.3) is 10.0 Å². The van der Waals surface area contributed by atoms with Crippen LogP contribution in [0.4, 0.5) is 5.69 Å². The SMILES string of the molecule is Cc1ccc(NS(=O)(=O)c2ccc(C(C)O)cc2)c(Cl)c1. The third-order valence-corrected chi connectivity index (χ3v) is 4.74. The summed E-state index contributed by atoms with van der Waals surface area (Å²) in [4.78, 5) is 0.114. The van der Waals surface area contributed by atoms with E-state index in [4.69, 9.17) is 11.6 Å². The normalized spacial score (nSPS) is 13.0. The Balaban J connectivity index is 2.29. The molecule has 0 aromatic heterocycles. The lowest BCUT2D eigenvalue weighted by Gasteiger charge is -2.11. The Morgan fingerprint density at radius 1 is 1.14 bits per heavy atom. The number of rotatable bonds is 4. The van der Waals surface area contributed by atoms with Crippen LogP contribution in [0.3, 0.4) is 0 Å². The first-order valence-electron chi connectivity index (χ1n) is 6.36. The maximum absolute atomic E-state index is 12.3. The summed E-state index contributed by atoms with van der Waals surface area (Å²) in [7, 11) is -3.71. The summed E-state index contributed by atoms with van der Waals surface area (Å²) in [5.41, 5.74) is 1.94. The van der Waals surface area contributed by atoms with Crippen molar-refractivity contribution in [1.29, 1.82) is 0 Å². The van der Waals surface area contributed by atoms with Crippen LogP contribution in [-0.2, 0) is 10.0 Å². The lowest BCUT2D eigenvalue weighted by Crippen LogP contribution is -2.13. The zero-order chi connectivity index (χ0) is 15.6. The van der Waals surface area contributed by atoms with Gasteiger partial charge in [0.05, 0.1) is 21.7 Å². The zero-order valence-corrected chi connectivity index (χ0v) is 13.2. The topological polar surface area (TPSA) is 66.4 Å². The predicted molar refractivity (Wildman–Crippen MR) is 84.1 cm³/mol. The number of aryl methyl sites for hydroxylation is 1. The number of hydrogen-bond acceptors (Lipinski definition) is 3. The second kappa shape index (κ2) is 6.05. The van der Waals surface area contributed by atoms with Crippen molar-refractivity contribution in [1.82, 2.24) is 0 Å². The lowest BCUT2D eigenvalue weighted by atomic mass is 10.1. The molecule has 0 radical (unpaired) electrons. The first kappa shape index (κ1) is 15.8. The van der Waals surface area contributed by atoms with Gasteiger partial charge in [-0.2, -0.15) is 0 Å². The van der Waals surface area contributed by atoms with E-state index in [-0.39, 0.29) is 4.90 Å². The van der Waals surface area contributed by atoms with Gasteiger partial charge in [0.15, 0.2) is 0 Å². The van der Waals surface area contributed by atoms with Crippen molar-refractivity contribution in [2.75, 3.05) is 4.72 Å². The summed E-state index contributed by atoms with van der Waals surface area (Å²) >= 11 is 6.03. The number of anilines is 1. The monoisotopic (exact) mass is 325 g/mol. The average Bonchev–Trinajstić information content (AvgIpc) is 2.42. The summed E-state index contributed by atoms with van der Waals surface area (Å²) in [6.07, 6.45) is -0.638. The van der Waals surface area contributed by atoms with Crippen LogP contribution in [0.1, 0.15) is 24.2 Å². The molecule has 0 saturated carbocycles. The van der Waals surface area contributed by atoms with Crippen LogP contribution in [0.15, 0.2) is 47.4 Å². The minimum atomic E-state index is -3.71. The number of halogens is 1. The predicted octanol–water partition coefficient (Wildman–Crippen LogP) is 3.50. The average molecular weight is 326 g/mol. The second-order valence-corrected chi connectivity index (χ2v) is 6.92. The highest BCUT2D eigenvalue weighted by Crippen LogP contribution is 2.26. The van der Waals surface area contributed by atoms with Crippen LogP contribution in [0.25, 0.3) is 0 Å². The van der Waals surface area contributed by atoms with Gasteiger partial charge in [-0.15, -0.1) is 0 Å². The van der Waals surface area contributed by atoms with E-state index in [1.54, 1.807) is 37.3 Å². The molecule has 0 fully saturated rings. The number of nitrogens with one attached hydrogen (secondary N) is 1. The van der Waals surface area contributed by atoms with Gasteiger partial charge >= 0.3 is 0 Å². The molecule has 0 aliphatic carbocycles. The lowest BCUT2D eigenvalue weighted by molar-refractivity contribution is 0.199. The van der Waals surface area contributed by atoms with Crippen molar-refractivity contribution in [3.8, 4) is 0 Å². The third-order valence-electron chi connectivity index (χ3n) is 3.04. The van der Waals surface area contributed by atoms with E-state index in [2.05, 4.69) is 4.72 Å². The third kappa shape index (κ3) is 3.75. The van der Waals surface area contributed by atoms with Crippen molar-refractivity contribution in [2.45, 2.75) is 24.8 Å². The highest BCUT2D eigenvalue weighted by atomic mass is 35.5. The van der Waals surface area contributed by atoms with Crippen molar-refractivity contribution in [2.24, 2.45) is 0 Å². The Labute approximate surface area is 129 Å². The van der Waals surface area contributed by atoms with Gasteiger partial charge in [-0.3, -0.25) is 4.72 Å². The largest absolute Gasteiger partial charge is 0.389 e. The van der Waals surface area contributed by atoms with Crippen LogP contribution in [0, 0.1) is 6.92 Å². The van der Waals surface area contributed by atoms with Gasteiger partial charge in [-0.25, -0.2) is 8.42 Å². The van der Waals surface area contributed by atoms with Crippen molar-refractivity contribution >= 4 is 27.3 Å². The van der Waals surface area contributed by atoms with Crippen LogP contribution in [0.5, 0.6) is 0 Å². The number of aliphatic hydroxyl groups is 1. The Morgan fingerprint density at radius 2 is 1.76 bits per heavy atom. The number of aliphatic hydroxyl groups excluding tert-OH is 1. The molecular formula is C15H16ClNO3S. The summed E-state index contributed by atoms with van der Waals surface area (Å²) in [5.74, 6) is 0. The van der Waals surface area contributed by atoms with Gasteiger partial charge < -0.3 is 5.11 Å². The molecule has 2 N–H and O–H groups in total.